The molecule has 7 rings (SSSR count). The van der Waals surface area contributed by atoms with Crippen molar-refractivity contribution in [2.45, 2.75) is 56.5 Å². The van der Waals surface area contributed by atoms with Crippen LogP contribution in [0.4, 0.5) is 11.4 Å². The summed E-state index contributed by atoms with van der Waals surface area (Å²) in [5.41, 5.74) is 2.05. The number of amides is 2. The number of carbonyl (C=O) groups excluding carboxylic acids is 2. The van der Waals surface area contributed by atoms with E-state index in [1.54, 1.807) is 0 Å². The minimum absolute atomic E-state index is 0.0186. The van der Waals surface area contributed by atoms with E-state index >= 15 is 0 Å². The van der Waals surface area contributed by atoms with Gasteiger partial charge in [-0.1, -0.05) is 0 Å². The fourth-order valence-corrected chi connectivity index (χ4v) is 7.50. The summed E-state index contributed by atoms with van der Waals surface area (Å²) in [5.74, 6) is 2.48. The molecular formula is C24H32N3O3+. The standard InChI is InChI=1S/C24H31N3O3/c28-22-12-21(25-24-13-16-9-17(14-24)11-18(10-16)15-24)23(29)27(22)20-3-1-19(2-4-20)26-5-7-30-8-6-26/h1-4,16-18,21,25H,5-15H2/p+1/t16?,17?,18?,21-,24?/m1/s1. The molecule has 30 heavy (non-hydrogen) atoms. The van der Waals surface area contributed by atoms with Crippen LogP contribution in [0.2, 0.25) is 0 Å². The van der Waals surface area contributed by atoms with E-state index in [0.717, 1.165) is 49.7 Å². The maximum Gasteiger partial charge on any atom is 0.292 e. The molecule has 0 unspecified atom stereocenters. The van der Waals surface area contributed by atoms with Gasteiger partial charge < -0.3 is 15.0 Å². The van der Waals surface area contributed by atoms with E-state index in [0.29, 0.717) is 12.1 Å². The summed E-state index contributed by atoms with van der Waals surface area (Å²) in [4.78, 5) is 29.8. The molecule has 4 saturated carbocycles. The number of morpholine rings is 1. The molecule has 2 saturated heterocycles. The molecule has 2 aliphatic heterocycles. The van der Waals surface area contributed by atoms with Gasteiger partial charge in [0.1, 0.15) is 0 Å². The second-order valence-electron chi connectivity index (χ2n) is 10.4. The predicted molar refractivity (Wildman–Crippen MR) is 113 cm³/mol. The topological polar surface area (TPSA) is 66.5 Å². The Morgan fingerprint density at radius 3 is 2.03 bits per heavy atom. The van der Waals surface area contributed by atoms with E-state index in [1.807, 2.05) is 24.3 Å². The third kappa shape index (κ3) is 3.16. The lowest BCUT2D eigenvalue weighted by molar-refractivity contribution is -0.755. The number of rotatable bonds is 4. The lowest BCUT2D eigenvalue weighted by Gasteiger charge is -2.55. The molecule has 1 atom stereocenters. The maximum atomic E-state index is 13.3. The van der Waals surface area contributed by atoms with Crippen LogP contribution in [-0.4, -0.2) is 49.7 Å². The van der Waals surface area contributed by atoms with Crippen molar-refractivity contribution < 1.29 is 19.6 Å². The Balaban J connectivity index is 1.17. The van der Waals surface area contributed by atoms with Gasteiger partial charge in [0.2, 0.25) is 5.91 Å². The molecule has 6 nitrogen and oxygen atoms in total. The number of ether oxygens (including phenoxy) is 1. The van der Waals surface area contributed by atoms with Crippen LogP contribution in [0.15, 0.2) is 24.3 Å². The predicted octanol–water partition coefficient (Wildman–Crippen LogP) is 1.69. The molecule has 4 bridgehead atoms. The highest BCUT2D eigenvalue weighted by Gasteiger charge is 2.56. The summed E-state index contributed by atoms with van der Waals surface area (Å²) < 4.78 is 5.42. The van der Waals surface area contributed by atoms with Crippen LogP contribution in [-0.2, 0) is 14.3 Å². The van der Waals surface area contributed by atoms with E-state index in [4.69, 9.17) is 4.74 Å². The zero-order chi connectivity index (χ0) is 20.3. The Kier molecular flexibility index (Phi) is 4.43. The van der Waals surface area contributed by atoms with Crippen molar-refractivity contribution >= 4 is 23.2 Å². The molecule has 4 aliphatic carbocycles. The molecule has 6 heteroatoms. The summed E-state index contributed by atoms with van der Waals surface area (Å²) >= 11 is 0. The quantitative estimate of drug-likeness (QED) is 0.767. The van der Waals surface area contributed by atoms with Crippen molar-refractivity contribution in [2.24, 2.45) is 17.8 Å². The summed E-state index contributed by atoms with van der Waals surface area (Å²) in [6.07, 6.45) is 8.25. The number of hydrogen-bond acceptors (Lipinski definition) is 4. The van der Waals surface area contributed by atoms with Crippen molar-refractivity contribution in [1.29, 1.82) is 0 Å². The third-order valence-corrected chi connectivity index (χ3v) is 8.31. The molecule has 1 aromatic carbocycles. The highest BCUT2D eigenvalue weighted by atomic mass is 16.5. The Labute approximate surface area is 177 Å². The zero-order valence-electron chi connectivity index (χ0n) is 17.6. The van der Waals surface area contributed by atoms with Crippen LogP contribution in [0.1, 0.15) is 44.9 Å². The highest BCUT2D eigenvalue weighted by molar-refractivity contribution is 6.21. The highest BCUT2D eigenvalue weighted by Crippen LogP contribution is 2.54. The van der Waals surface area contributed by atoms with E-state index in [1.165, 1.54) is 43.4 Å². The van der Waals surface area contributed by atoms with Gasteiger partial charge in [-0.2, -0.15) is 0 Å². The number of nitrogens with two attached hydrogens (primary N) is 1. The Morgan fingerprint density at radius 1 is 0.867 bits per heavy atom. The fraction of sp³-hybridized carbons (Fsp3) is 0.667. The first-order chi connectivity index (χ1) is 14.6. The molecule has 1 aromatic rings. The Hall–Kier alpha value is -1.92. The van der Waals surface area contributed by atoms with Gasteiger partial charge >= 0.3 is 0 Å². The first kappa shape index (κ1) is 18.8. The van der Waals surface area contributed by atoms with E-state index in [2.05, 4.69) is 10.2 Å². The average Bonchev–Trinajstić information content (AvgIpc) is 3.00. The maximum absolute atomic E-state index is 13.3. The lowest BCUT2D eigenvalue weighted by atomic mass is 9.53. The molecule has 2 N–H and O–H groups in total. The van der Waals surface area contributed by atoms with Crippen molar-refractivity contribution in [2.75, 3.05) is 36.1 Å². The van der Waals surface area contributed by atoms with Crippen LogP contribution >= 0.6 is 0 Å². The van der Waals surface area contributed by atoms with Gasteiger partial charge in [0.25, 0.3) is 5.91 Å². The van der Waals surface area contributed by atoms with Crippen LogP contribution in [0, 0.1) is 17.8 Å². The Morgan fingerprint density at radius 2 is 1.43 bits per heavy atom. The van der Waals surface area contributed by atoms with Crippen molar-refractivity contribution in [1.82, 2.24) is 0 Å². The van der Waals surface area contributed by atoms with Gasteiger partial charge in [-0.05, 0) is 61.3 Å². The SMILES string of the molecule is O=C1C[C@@H]([NH2+]C23CC4CC(CC(C4)C2)C3)C(=O)N1c1ccc(N2CCOCC2)cc1. The van der Waals surface area contributed by atoms with Gasteiger partial charge in [-0.25, -0.2) is 4.90 Å². The zero-order valence-corrected chi connectivity index (χ0v) is 17.6. The summed E-state index contributed by atoms with van der Waals surface area (Å²) in [5, 5.41) is 2.33. The second kappa shape index (κ2) is 7.06. The molecular weight excluding hydrogens is 378 g/mol. The summed E-state index contributed by atoms with van der Waals surface area (Å²) in [6, 6.07) is 7.66. The first-order valence-corrected chi connectivity index (χ1v) is 11.7. The van der Waals surface area contributed by atoms with Gasteiger partial charge in [0.15, 0.2) is 6.04 Å². The summed E-state index contributed by atoms with van der Waals surface area (Å²) in [6.45, 7) is 3.24. The minimum atomic E-state index is -0.243. The fourth-order valence-electron chi connectivity index (χ4n) is 7.50. The molecule has 2 heterocycles. The first-order valence-electron chi connectivity index (χ1n) is 11.7. The normalized spacial score (nSPS) is 38.0. The third-order valence-electron chi connectivity index (χ3n) is 8.31. The average molecular weight is 411 g/mol. The minimum Gasteiger partial charge on any atom is -0.378 e. The summed E-state index contributed by atoms with van der Waals surface area (Å²) in [7, 11) is 0. The van der Waals surface area contributed by atoms with Crippen molar-refractivity contribution in [3.8, 4) is 0 Å². The molecule has 6 aliphatic rings. The molecule has 0 aromatic heterocycles. The van der Waals surface area contributed by atoms with Crippen LogP contribution in [0.25, 0.3) is 0 Å². The molecule has 160 valence electrons. The van der Waals surface area contributed by atoms with Gasteiger partial charge in [0.05, 0.1) is 30.9 Å². The number of anilines is 2. The molecule has 0 spiro atoms. The number of carbonyl (C=O) groups is 2. The molecule has 0 radical (unpaired) electrons. The van der Waals surface area contributed by atoms with Gasteiger partial charge in [-0.3, -0.25) is 9.59 Å². The molecule has 6 fully saturated rings. The van der Waals surface area contributed by atoms with E-state index < -0.39 is 0 Å². The number of benzene rings is 1. The lowest BCUT2D eigenvalue weighted by Crippen LogP contribution is -3.03. The molecule has 2 amide bonds. The van der Waals surface area contributed by atoms with Crippen molar-refractivity contribution in [3.05, 3.63) is 24.3 Å². The number of quaternary nitrogens is 1. The van der Waals surface area contributed by atoms with Crippen LogP contribution < -0.4 is 15.1 Å². The van der Waals surface area contributed by atoms with Gasteiger partial charge in [-0.15, -0.1) is 0 Å². The van der Waals surface area contributed by atoms with E-state index in [9.17, 15) is 9.59 Å². The van der Waals surface area contributed by atoms with Crippen LogP contribution in [0.3, 0.4) is 0 Å². The smallest absolute Gasteiger partial charge is 0.292 e. The number of hydrogen-bond donors (Lipinski definition) is 1. The Bertz CT molecular complexity index is 810. The monoisotopic (exact) mass is 410 g/mol. The van der Waals surface area contributed by atoms with Crippen LogP contribution in [0.5, 0.6) is 0 Å². The van der Waals surface area contributed by atoms with E-state index in [-0.39, 0.29) is 23.4 Å². The largest absolute Gasteiger partial charge is 0.378 e. The second-order valence-corrected chi connectivity index (χ2v) is 10.4. The number of imide groups is 1. The van der Waals surface area contributed by atoms with Gasteiger partial charge in [0, 0.05) is 38.0 Å². The number of nitrogens with zero attached hydrogens (tertiary/aromatic N) is 2. The van der Waals surface area contributed by atoms with Crippen molar-refractivity contribution in [3.63, 3.8) is 0 Å².